The zero-order chi connectivity index (χ0) is 13.7. The van der Waals surface area contributed by atoms with E-state index in [-0.39, 0.29) is 0 Å². The Balaban J connectivity index is 1.81. The Morgan fingerprint density at radius 1 is 1.32 bits per heavy atom. The summed E-state index contributed by atoms with van der Waals surface area (Å²) in [5, 5.41) is 0.736. The summed E-state index contributed by atoms with van der Waals surface area (Å²) in [4.78, 5) is 2.49. The Morgan fingerprint density at radius 3 is 2.74 bits per heavy atom. The molecule has 2 rings (SSSR count). The first-order chi connectivity index (χ1) is 9.20. The van der Waals surface area contributed by atoms with Gasteiger partial charge in [-0.3, -0.25) is 4.90 Å². The monoisotopic (exact) mass is 282 g/mol. The summed E-state index contributed by atoms with van der Waals surface area (Å²) in [7, 11) is 0. The van der Waals surface area contributed by atoms with Crippen LogP contribution < -0.4 is 10.5 Å². The molecule has 1 aromatic rings. The minimum Gasteiger partial charge on any atom is -0.492 e. The van der Waals surface area contributed by atoms with Crippen molar-refractivity contribution in [3.05, 3.63) is 29.3 Å². The second-order valence-electron chi connectivity index (χ2n) is 5.21. The number of hydrogen-bond donors (Lipinski definition) is 1. The predicted octanol–water partition coefficient (Wildman–Crippen LogP) is 2.92. The lowest BCUT2D eigenvalue weighted by Gasteiger charge is -2.40. The van der Waals surface area contributed by atoms with Crippen LogP contribution in [-0.4, -0.2) is 36.7 Å². The molecule has 1 saturated heterocycles. The van der Waals surface area contributed by atoms with Crippen LogP contribution in [-0.2, 0) is 0 Å². The van der Waals surface area contributed by atoms with Crippen LogP contribution in [0.2, 0.25) is 5.02 Å². The number of rotatable bonds is 5. The largest absolute Gasteiger partial charge is 0.492 e. The fourth-order valence-electron chi connectivity index (χ4n) is 2.80. The van der Waals surface area contributed by atoms with Crippen LogP contribution >= 0.6 is 11.6 Å². The van der Waals surface area contributed by atoms with Crippen LogP contribution in [0.4, 0.5) is 0 Å². The van der Waals surface area contributed by atoms with Crippen molar-refractivity contribution < 1.29 is 4.74 Å². The molecule has 0 saturated carbocycles. The second-order valence-corrected chi connectivity index (χ2v) is 5.65. The van der Waals surface area contributed by atoms with Gasteiger partial charge >= 0.3 is 0 Å². The number of nitrogens with two attached hydrogens (primary N) is 1. The molecule has 19 heavy (non-hydrogen) atoms. The molecule has 1 aromatic carbocycles. The zero-order valence-electron chi connectivity index (χ0n) is 11.5. The van der Waals surface area contributed by atoms with Crippen molar-refractivity contribution in [1.82, 2.24) is 4.90 Å². The fraction of sp³-hybridized carbons (Fsp3) is 0.600. The van der Waals surface area contributed by atoms with E-state index in [0.29, 0.717) is 18.7 Å². The number of nitrogens with zero attached hydrogens (tertiary/aromatic N) is 1. The van der Waals surface area contributed by atoms with Gasteiger partial charge in [-0.25, -0.2) is 0 Å². The van der Waals surface area contributed by atoms with Gasteiger partial charge in [-0.05, 0) is 44.0 Å². The van der Waals surface area contributed by atoms with Gasteiger partial charge in [0.2, 0.25) is 0 Å². The molecule has 2 unspecified atom stereocenters. The van der Waals surface area contributed by atoms with Crippen LogP contribution in [0.3, 0.4) is 0 Å². The standard InChI is InChI=1S/C15H23ClN2O/c1-12-3-2-4-14(11-17)18(12)9-10-19-15-7-5-13(16)6-8-15/h5-8,12,14H,2-4,9-11,17H2,1H3. The number of benzene rings is 1. The maximum Gasteiger partial charge on any atom is 0.119 e. The number of halogens is 1. The van der Waals surface area contributed by atoms with Gasteiger partial charge in [-0.15, -0.1) is 0 Å². The van der Waals surface area contributed by atoms with E-state index in [0.717, 1.165) is 23.9 Å². The normalized spacial score (nSPS) is 24.4. The third-order valence-electron chi connectivity index (χ3n) is 3.90. The molecule has 3 nitrogen and oxygen atoms in total. The highest BCUT2D eigenvalue weighted by Crippen LogP contribution is 2.22. The topological polar surface area (TPSA) is 38.5 Å². The van der Waals surface area contributed by atoms with Crippen LogP contribution in [0, 0.1) is 0 Å². The summed E-state index contributed by atoms with van der Waals surface area (Å²) in [6, 6.07) is 8.63. The van der Waals surface area contributed by atoms with Gasteiger partial charge in [0, 0.05) is 30.2 Å². The molecule has 1 aliphatic heterocycles. The average molecular weight is 283 g/mol. The van der Waals surface area contributed by atoms with E-state index in [4.69, 9.17) is 22.1 Å². The molecular weight excluding hydrogens is 260 g/mol. The highest BCUT2D eigenvalue weighted by Gasteiger charge is 2.26. The van der Waals surface area contributed by atoms with Crippen LogP contribution in [0.1, 0.15) is 26.2 Å². The number of ether oxygens (including phenoxy) is 1. The number of piperidine rings is 1. The van der Waals surface area contributed by atoms with Gasteiger partial charge < -0.3 is 10.5 Å². The number of hydrogen-bond acceptors (Lipinski definition) is 3. The third kappa shape index (κ3) is 4.10. The van der Waals surface area contributed by atoms with E-state index >= 15 is 0 Å². The molecule has 0 aromatic heterocycles. The molecule has 1 aliphatic rings. The van der Waals surface area contributed by atoms with Crippen molar-refractivity contribution in [2.24, 2.45) is 5.73 Å². The maximum atomic E-state index is 5.86. The molecule has 0 bridgehead atoms. The molecule has 1 fully saturated rings. The third-order valence-corrected chi connectivity index (χ3v) is 4.15. The van der Waals surface area contributed by atoms with Gasteiger partial charge in [0.05, 0.1) is 0 Å². The second kappa shape index (κ2) is 7.13. The van der Waals surface area contributed by atoms with Crippen LogP contribution in [0.25, 0.3) is 0 Å². The Labute approximate surface area is 120 Å². The minimum atomic E-state index is 0.512. The van der Waals surface area contributed by atoms with E-state index in [2.05, 4.69) is 11.8 Å². The fourth-order valence-corrected chi connectivity index (χ4v) is 2.92. The first kappa shape index (κ1) is 14.6. The van der Waals surface area contributed by atoms with Crippen molar-refractivity contribution in [3.63, 3.8) is 0 Å². The summed E-state index contributed by atoms with van der Waals surface area (Å²) < 4.78 is 5.76. The highest BCUT2D eigenvalue weighted by molar-refractivity contribution is 6.30. The zero-order valence-corrected chi connectivity index (χ0v) is 12.3. The molecule has 1 heterocycles. The number of likely N-dealkylation sites (tertiary alicyclic amines) is 1. The minimum absolute atomic E-state index is 0.512. The van der Waals surface area contributed by atoms with Crippen molar-refractivity contribution in [2.45, 2.75) is 38.3 Å². The summed E-state index contributed by atoms with van der Waals surface area (Å²) in [5.41, 5.74) is 5.86. The van der Waals surface area contributed by atoms with Crippen molar-refractivity contribution in [1.29, 1.82) is 0 Å². The lowest BCUT2D eigenvalue weighted by atomic mass is 9.96. The maximum absolute atomic E-state index is 5.86. The lowest BCUT2D eigenvalue weighted by molar-refractivity contribution is 0.0799. The molecule has 0 spiro atoms. The van der Waals surface area contributed by atoms with Crippen molar-refractivity contribution in [3.8, 4) is 5.75 Å². The highest BCUT2D eigenvalue weighted by atomic mass is 35.5. The molecule has 2 N–H and O–H groups in total. The van der Waals surface area contributed by atoms with E-state index < -0.39 is 0 Å². The van der Waals surface area contributed by atoms with Gasteiger partial charge in [0.1, 0.15) is 12.4 Å². The molecule has 0 aliphatic carbocycles. The van der Waals surface area contributed by atoms with E-state index in [1.54, 1.807) is 0 Å². The SMILES string of the molecule is CC1CCCC(CN)N1CCOc1ccc(Cl)cc1. The summed E-state index contributed by atoms with van der Waals surface area (Å²) in [6.07, 6.45) is 3.76. The van der Waals surface area contributed by atoms with Gasteiger partial charge in [0.15, 0.2) is 0 Å². The Bertz CT molecular complexity index is 382. The summed E-state index contributed by atoms with van der Waals surface area (Å²) in [6.45, 7) is 4.66. The van der Waals surface area contributed by atoms with Crippen molar-refractivity contribution >= 4 is 11.6 Å². The predicted molar refractivity (Wildman–Crippen MR) is 79.8 cm³/mol. The molecule has 0 radical (unpaired) electrons. The van der Waals surface area contributed by atoms with E-state index in [1.807, 2.05) is 24.3 Å². The van der Waals surface area contributed by atoms with E-state index in [1.165, 1.54) is 19.3 Å². The Morgan fingerprint density at radius 2 is 2.05 bits per heavy atom. The average Bonchev–Trinajstić information content (AvgIpc) is 2.42. The van der Waals surface area contributed by atoms with E-state index in [9.17, 15) is 0 Å². The first-order valence-corrected chi connectivity index (χ1v) is 7.42. The molecular formula is C15H23ClN2O. The molecule has 2 atom stereocenters. The Kier molecular flexibility index (Phi) is 5.49. The van der Waals surface area contributed by atoms with Gasteiger partial charge in [-0.2, -0.15) is 0 Å². The molecule has 0 amide bonds. The first-order valence-electron chi connectivity index (χ1n) is 7.05. The summed E-state index contributed by atoms with van der Waals surface area (Å²) in [5.74, 6) is 0.873. The summed E-state index contributed by atoms with van der Waals surface area (Å²) >= 11 is 5.85. The smallest absolute Gasteiger partial charge is 0.119 e. The van der Waals surface area contributed by atoms with Crippen molar-refractivity contribution in [2.75, 3.05) is 19.7 Å². The van der Waals surface area contributed by atoms with Gasteiger partial charge in [0.25, 0.3) is 0 Å². The van der Waals surface area contributed by atoms with Crippen LogP contribution in [0.15, 0.2) is 24.3 Å². The van der Waals surface area contributed by atoms with Gasteiger partial charge in [-0.1, -0.05) is 18.0 Å². The molecule has 4 heteroatoms. The molecule has 106 valence electrons. The lowest BCUT2D eigenvalue weighted by Crippen LogP contribution is -2.50. The Hall–Kier alpha value is -0.770. The quantitative estimate of drug-likeness (QED) is 0.902. The van der Waals surface area contributed by atoms with Crippen LogP contribution in [0.5, 0.6) is 5.75 Å².